The molecule has 0 bridgehead atoms. The fourth-order valence-electron chi connectivity index (χ4n) is 2.07. The Morgan fingerprint density at radius 1 is 1.22 bits per heavy atom. The molecule has 1 aromatic carbocycles. The van der Waals surface area contributed by atoms with Crippen LogP contribution >= 0.6 is 0 Å². The van der Waals surface area contributed by atoms with E-state index >= 15 is 0 Å². The predicted octanol–water partition coefficient (Wildman–Crippen LogP) is 1.84. The van der Waals surface area contributed by atoms with Crippen LogP contribution in [-0.4, -0.2) is 30.9 Å². The van der Waals surface area contributed by atoms with Crippen LogP contribution in [0.4, 0.5) is 5.69 Å². The van der Waals surface area contributed by atoms with Crippen molar-refractivity contribution < 1.29 is 13.5 Å². The second-order valence-electron chi connectivity index (χ2n) is 4.57. The molecule has 0 atom stereocenters. The largest absolute Gasteiger partial charge is 0.508 e. The number of hydrogen-bond acceptors (Lipinski definition) is 3. The van der Waals surface area contributed by atoms with Crippen LogP contribution in [0.15, 0.2) is 18.2 Å². The first kappa shape index (κ1) is 13.2. The summed E-state index contributed by atoms with van der Waals surface area (Å²) in [4.78, 5) is 0. The molecule has 0 unspecified atom stereocenters. The number of rotatable bonds is 3. The Morgan fingerprint density at radius 3 is 2.50 bits per heavy atom. The fraction of sp³-hybridized carbons (Fsp3) is 0.500. The number of aryl methyl sites for hydroxylation is 1. The Hall–Kier alpha value is -1.27. The van der Waals surface area contributed by atoms with Gasteiger partial charge in [-0.25, -0.2) is 0 Å². The van der Waals surface area contributed by atoms with E-state index in [1.807, 2.05) is 0 Å². The maximum Gasteiger partial charge on any atom is 0.301 e. The van der Waals surface area contributed by atoms with E-state index in [0.29, 0.717) is 24.3 Å². The van der Waals surface area contributed by atoms with Crippen LogP contribution in [0.25, 0.3) is 0 Å². The molecule has 100 valence electrons. The standard InChI is InChI=1S/C12H18N2O3S/c1-10-9-11(15)5-6-12(10)13-18(16,17)14-7-3-2-4-8-14/h5-6,9,13,15H,2-4,7-8H2,1H3. The summed E-state index contributed by atoms with van der Waals surface area (Å²) in [5.74, 6) is 0.133. The first-order valence-electron chi connectivity index (χ1n) is 6.06. The van der Waals surface area contributed by atoms with Crippen molar-refractivity contribution in [3.05, 3.63) is 23.8 Å². The number of hydrogen-bond donors (Lipinski definition) is 2. The number of phenolic OH excluding ortho intramolecular Hbond substituents is 1. The third kappa shape index (κ3) is 2.94. The van der Waals surface area contributed by atoms with E-state index in [1.165, 1.54) is 16.4 Å². The summed E-state index contributed by atoms with van der Waals surface area (Å²) in [6.07, 6.45) is 2.91. The van der Waals surface area contributed by atoms with Gasteiger partial charge in [-0.3, -0.25) is 4.72 Å². The summed E-state index contributed by atoms with van der Waals surface area (Å²) >= 11 is 0. The lowest BCUT2D eigenvalue weighted by atomic mass is 10.2. The molecule has 1 aromatic rings. The van der Waals surface area contributed by atoms with Gasteiger partial charge in [0.15, 0.2) is 0 Å². The zero-order valence-corrected chi connectivity index (χ0v) is 11.2. The molecule has 1 saturated heterocycles. The molecule has 1 fully saturated rings. The van der Waals surface area contributed by atoms with Crippen molar-refractivity contribution in [2.75, 3.05) is 17.8 Å². The summed E-state index contributed by atoms with van der Waals surface area (Å²) in [6, 6.07) is 4.58. The highest BCUT2D eigenvalue weighted by atomic mass is 32.2. The molecule has 0 spiro atoms. The number of nitrogens with one attached hydrogen (secondary N) is 1. The van der Waals surface area contributed by atoms with E-state index in [1.54, 1.807) is 13.0 Å². The van der Waals surface area contributed by atoms with Gasteiger partial charge in [0.2, 0.25) is 0 Å². The summed E-state index contributed by atoms with van der Waals surface area (Å²) in [5.41, 5.74) is 1.22. The lowest BCUT2D eigenvalue weighted by molar-refractivity contribution is 0.349. The van der Waals surface area contributed by atoms with Crippen molar-refractivity contribution in [1.82, 2.24) is 4.31 Å². The molecule has 1 aliphatic rings. The first-order chi connectivity index (χ1) is 8.49. The van der Waals surface area contributed by atoms with E-state index in [4.69, 9.17) is 0 Å². The van der Waals surface area contributed by atoms with Gasteiger partial charge in [-0.15, -0.1) is 0 Å². The van der Waals surface area contributed by atoms with Crippen molar-refractivity contribution in [1.29, 1.82) is 0 Å². The number of piperidine rings is 1. The Kier molecular flexibility index (Phi) is 3.77. The van der Waals surface area contributed by atoms with Gasteiger partial charge in [0.05, 0.1) is 5.69 Å². The molecule has 0 aromatic heterocycles. The highest BCUT2D eigenvalue weighted by Gasteiger charge is 2.24. The normalized spacial score (nSPS) is 17.6. The molecule has 2 N–H and O–H groups in total. The minimum absolute atomic E-state index is 0.133. The maximum atomic E-state index is 12.1. The molecule has 1 aliphatic heterocycles. The molecular formula is C12H18N2O3S. The number of phenols is 1. The number of benzene rings is 1. The molecule has 2 rings (SSSR count). The van der Waals surface area contributed by atoms with Gasteiger partial charge in [-0.05, 0) is 43.5 Å². The zero-order valence-electron chi connectivity index (χ0n) is 10.4. The van der Waals surface area contributed by atoms with Crippen molar-refractivity contribution in [2.24, 2.45) is 0 Å². The third-order valence-electron chi connectivity index (χ3n) is 3.10. The first-order valence-corrected chi connectivity index (χ1v) is 7.50. The Bertz CT molecular complexity index is 522. The van der Waals surface area contributed by atoms with Crippen LogP contribution in [0.1, 0.15) is 24.8 Å². The molecule has 0 radical (unpaired) electrons. The van der Waals surface area contributed by atoms with Gasteiger partial charge in [0.1, 0.15) is 5.75 Å². The van der Waals surface area contributed by atoms with Crippen molar-refractivity contribution in [3.8, 4) is 5.75 Å². The number of nitrogens with zero attached hydrogens (tertiary/aromatic N) is 1. The molecule has 5 nitrogen and oxygen atoms in total. The van der Waals surface area contributed by atoms with Gasteiger partial charge in [-0.2, -0.15) is 12.7 Å². The van der Waals surface area contributed by atoms with E-state index < -0.39 is 10.2 Å². The van der Waals surface area contributed by atoms with E-state index in [-0.39, 0.29) is 5.75 Å². The minimum atomic E-state index is -3.47. The van der Waals surface area contributed by atoms with Crippen molar-refractivity contribution >= 4 is 15.9 Å². The minimum Gasteiger partial charge on any atom is -0.508 e. The molecule has 6 heteroatoms. The lowest BCUT2D eigenvalue weighted by Gasteiger charge is -2.26. The van der Waals surface area contributed by atoms with Gasteiger partial charge in [0.25, 0.3) is 0 Å². The molecular weight excluding hydrogens is 252 g/mol. The van der Waals surface area contributed by atoms with Crippen LogP contribution < -0.4 is 4.72 Å². The van der Waals surface area contributed by atoms with Crippen LogP contribution in [-0.2, 0) is 10.2 Å². The highest BCUT2D eigenvalue weighted by Crippen LogP contribution is 2.23. The SMILES string of the molecule is Cc1cc(O)ccc1NS(=O)(=O)N1CCCCC1. The summed E-state index contributed by atoms with van der Waals surface area (Å²) < 4.78 is 28.3. The molecule has 0 aliphatic carbocycles. The van der Waals surface area contributed by atoms with Crippen LogP contribution in [0.2, 0.25) is 0 Å². The topological polar surface area (TPSA) is 69.6 Å². The number of anilines is 1. The van der Waals surface area contributed by atoms with Crippen LogP contribution in [0, 0.1) is 6.92 Å². The predicted molar refractivity (Wildman–Crippen MR) is 70.8 cm³/mol. The Balaban J connectivity index is 2.16. The molecule has 18 heavy (non-hydrogen) atoms. The molecule has 0 saturated carbocycles. The van der Waals surface area contributed by atoms with Crippen molar-refractivity contribution in [2.45, 2.75) is 26.2 Å². The van der Waals surface area contributed by atoms with Crippen molar-refractivity contribution in [3.63, 3.8) is 0 Å². The fourth-order valence-corrected chi connectivity index (χ4v) is 3.45. The Labute approximate surface area is 108 Å². The highest BCUT2D eigenvalue weighted by molar-refractivity contribution is 7.90. The lowest BCUT2D eigenvalue weighted by Crippen LogP contribution is -2.39. The summed E-state index contributed by atoms with van der Waals surface area (Å²) in [5, 5.41) is 9.30. The average molecular weight is 270 g/mol. The zero-order chi connectivity index (χ0) is 13.2. The maximum absolute atomic E-state index is 12.1. The van der Waals surface area contributed by atoms with Gasteiger partial charge >= 0.3 is 10.2 Å². The third-order valence-corrected chi connectivity index (χ3v) is 4.63. The Morgan fingerprint density at radius 2 is 1.89 bits per heavy atom. The quantitative estimate of drug-likeness (QED) is 0.823. The van der Waals surface area contributed by atoms with E-state index in [9.17, 15) is 13.5 Å². The van der Waals surface area contributed by atoms with Crippen LogP contribution in [0.5, 0.6) is 5.75 Å². The smallest absolute Gasteiger partial charge is 0.301 e. The second-order valence-corrected chi connectivity index (χ2v) is 6.24. The van der Waals surface area contributed by atoms with Gasteiger partial charge in [0, 0.05) is 13.1 Å². The van der Waals surface area contributed by atoms with Crippen LogP contribution in [0.3, 0.4) is 0 Å². The molecule has 0 amide bonds. The summed E-state index contributed by atoms with van der Waals surface area (Å²) in [6.45, 7) is 2.91. The monoisotopic (exact) mass is 270 g/mol. The summed E-state index contributed by atoms with van der Waals surface area (Å²) in [7, 11) is -3.47. The van der Waals surface area contributed by atoms with Gasteiger partial charge < -0.3 is 5.11 Å². The second kappa shape index (κ2) is 5.16. The average Bonchev–Trinajstić information content (AvgIpc) is 2.34. The van der Waals surface area contributed by atoms with Gasteiger partial charge in [-0.1, -0.05) is 6.42 Å². The molecule has 1 heterocycles. The van der Waals surface area contributed by atoms with E-state index in [2.05, 4.69) is 4.72 Å². The van der Waals surface area contributed by atoms with E-state index in [0.717, 1.165) is 19.3 Å². The number of aromatic hydroxyl groups is 1.